The fourth-order valence-electron chi connectivity index (χ4n) is 3.38. The highest BCUT2D eigenvalue weighted by atomic mass is 15.3. The van der Waals surface area contributed by atoms with Crippen LogP contribution >= 0.6 is 0 Å². The van der Waals surface area contributed by atoms with Crippen molar-refractivity contribution in [2.75, 3.05) is 17.3 Å². The Bertz CT molecular complexity index is 1230. The first-order valence-corrected chi connectivity index (χ1v) is 10.3. The molecule has 1 N–H and O–H groups in total. The molecular formula is C25H23N7. The Balaban J connectivity index is 1.48. The first-order valence-electron chi connectivity index (χ1n) is 10.3. The summed E-state index contributed by atoms with van der Waals surface area (Å²) in [7, 11) is 1.92. The van der Waals surface area contributed by atoms with Gasteiger partial charge in [-0.3, -0.25) is 0 Å². The largest absolute Gasteiger partial charge is 0.351 e. The smallest absolute Gasteiger partial charge is 0.224 e. The van der Waals surface area contributed by atoms with Crippen LogP contribution in [-0.4, -0.2) is 33.0 Å². The van der Waals surface area contributed by atoms with E-state index >= 15 is 0 Å². The summed E-state index contributed by atoms with van der Waals surface area (Å²) in [5.74, 6) is 2.66. The summed E-state index contributed by atoms with van der Waals surface area (Å²) < 4.78 is 0. The minimum absolute atomic E-state index is 0.0910. The summed E-state index contributed by atoms with van der Waals surface area (Å²) in [4.78, 5) is 20.0. The van der Waals surface area contributed by atoms with Crippen molar-refractivity contribution >= 4 is 17.6 Å². The minimum atomic E-state index is 0.0910. The van der Waals surface area contributed by atoms with Crippen molar-refractivity contribution in [3.63, 3.8) is 0 Å². The molecule has 0 aliphatic heterocycles. The molecule has 158 valence electrons. The fourth-order valence-corrected chi connectivity index (χ4v) is 3.38. The molecule has 1 unspecified atom stereocenters. The highest BCUT2D eigenvalue weighted by Crippen LogP contribution is 2.23. The summed E-state index contributed by atoms with van der Waals surface area (Å²) in [5.41, 5.74) is 2.71. The zero-order chi connectivity index (χ0) is 22.3. The fraction of sp³-hybridized carbons (Fsp3) is 0.160. The Hall–Kier alpha value is -4.31. The number of hydrogen-bond acceptors (Lipinski definition) is 7. The summed E-state index contributed by atoms with van der Waals surface area (Å²) in [5, 5.41) is 12.4. The Morgan fingerprint density at radius 2 is 1.69 bits per heavy atom. The van der Waals surface area contributed by atoms with E-state index in [-0.39, 0.29) is 6.04 Å². The van der Waals surface area contributed by atoms with Gasteiger partial charge in [-0.05, 0) is 43.2 Å². The molecule has 0 radical (unpaired) electrons. The lowest BCUT2D eigenvalue weighted by Gasteiger charge is -2.19. The van der Waals surface area contributed by atoms with Crippen LogP contribution in [0.2, 0.25) is 0 Å². The highest BCUT2D eigenvalue weighted by Gasteiger charge is 2.12. The van der Waals surface area contributed by atoms with Crippen LogP contribution in [0.25, 0.3) is 11.4 Å². The van der Waals surface area contributed by atoms with E-state index in [1.807, 2.05) is 72.6 Å². The molecule has 2 aromatic heterocycles. The van der Waals surface area contributed by atoms with E-state index in [9.17, 15) is 0 Å². The van der Waals surface area contributed by atoms with Gasteiger partial charge in [0.15, 0.2) is 5.82 Å². The van der Waals surface area contributed by atoms with Crippen molar-refractivity contribution in [3.8, 4) is 17.5 Å². The number of benzene rings is 2. The molecule has 32 heavy (non-hydrogen) atoms. The number of rotatable bonds is 7. The molecule has 0 saturated heterocycles. The SMILES string of the molecule is CC(Cc1cccc(C#N)c1)Nc1nccc(N(C)c2ccnc(-c3ccccc3)n2)n1. The number of nitrogens with one attached hydrogen (secondary N) is 1. The summed E-state index contributed by atoms with van der Waals surface area (Å²) in [6, 6.07) is 23.5. The van der Waals surface area contributed by atoms with Gasteiger partial charge in [-0.15, -0.1) is 0 Å². The van der Waals surface area contributed by atoms with Crippen molar-refractivity contribution in [2.45, 2.75) is 19.4 Å². The molecule has 0 amide bonds. The van der Waals surface area contributed by atoms with Gasteiger partial charge in [0.2, 0.25) is 5.95 Å². The van der Waals surface area contributed by atoms with Gasteiger partial charge in [0.1, 0.15) is 11.6 Å². The van der Waals surface area contributed by atoms with E-state index in [0.717, 1.165) is 29.2 Å². The number of hydrogen-bond donors (Lipinski definition) is 1. The van der Waals surface area contributed by atoms with Crippen molar-refractivity contribution < 1.29 is 0 Å². The Kier molecular flexibility index (Phi) is 6.33. The molecule has 0 spiro atoms. The third-order valence-corrected chi connectivity index (χ3v) is 4.97. The summed E-state index contributed by atoms with van der Waals surface area (Å²) in [6.45, 7) is 2.06. The van der Waals surface area contributed by atoms with E-state index < -0.39 is 0 Å². The van der Waals surface area contributed by atoms with Crippen LogP contribution in [0.3, 0.4) is 0 Å². The lowest BCUT2D eigenvalue weighted by molar-refractivity contribution is 0.776. The van der Waals surface area contributed by atoms with E-state index in [2.05, 4.69) is 38.2 Å². The molecular weight excluding hydrogens is 398 g/mol. The van der Waals surface area contributed by atoms with Gasteiger partial charge in [-0.2, -0.15) is 10.2 Å². The second kappa shape index (κ2) is 9.67. The lowest BCUT2D eigenvalue weighted by atomic mass is 10.0. The zero-order valence-electron chi connectivity index (χ0n) is 18.0. The number of nitrogens with zero attached hydrogens (tertiary/aromatic N) is 6. The molecule has 7 heteroatoms. The first kappa shape index (κ1) is 20.9. The summed E-state index contributed by atoms with van der Waals surface area (Å²) in [6.07, 6.45) is 4.23. The maximum absolute atomic E-state index is 9.09. The predicted octanol–water partition coefficient (Wildman–Crippen LogP) is 4.62. The van der Waals surface area contributed by atoms with Gasteiger partial charge in [-0.1, -0.05) is 42.5 Å². The van der Waals surface area contributed by atoms with Crippen LogP contribution in [0.1, 0.15) is 18.1 Å². The Morgan fingerprint density at radius 1 is 0.938 bits per heavy atom. The maximum atomic E-state index is 9.09. The number of nitriles is 1. The molecule has 2 aromatic carbocycles. The van der Waals surface area contributed by atoms with Crippen molar-refractivity contribution in [2.24, 2.45) is 0 Å². The van der Waals surface area contributed by atoms with Crippen LogP contribution in [0, 0.1) is 11.3 Å². The summed E-state index contributed by atoms with van der Waals surface area (Å²) >= 11 is 0. The molecule has 0 aliphatic rings. The zero-order valence-corrected chi connectivity index (χ0v) is 18.0. The van der Waals surface area contributed by atoms with Crippen molar-refractivity contribution in [1.82, 2.24) is 19.9 Å². The van der Waals surface area contributed by atoms with Gasteiger partial charge in [0.25, 0.3) is 0 Å². The van der Waals surface area contributed by atoms with Gasteiger partial charge >= 0.3 is 0 Å². The quantitative estimate of drug-likeness (QED) is 0.466. The maximum Gasteiger partial charge on any atom is 0.224 e. The Morgan fingerprint density at radius 3 is 2.47 bits per heavy atom. The average Bonchev–Trinajstić information content (AvgIpc) is 2.84. The van der Waals surface area contributed by atoms with Crippen molar-refractivity contribution in [1.29, 1.82) is 5.26 Å². The van der Waals surface area contributed by atoms with E-state index in [4.69, 9.17) is 5.26 Å². The highest BCUT2D eigenvalue weighted by molar-refractivity contribution is 5.61. The molecule has 0 saturated carbocycles. The van der Waals surface area contributed by atoms with E-state index in [1.54, 1.807) is 18.5 Å². The Labute approximate surface area is 187 Å². The second-order valence-electron chi connectivity index (χ2n) is 7.46. The van der Waals surface area contributed by atoms with Gasteiger partial charge in [-0.25, -0.2) is 15.0 Å². The van der Waals surface area contributed by atoms with Crippen LogP contribution in [-0.2, 0) is 6.42 Å². The lowest BCUT2D eigenvalue weighted by Crippen LogP contribution is -2.21. The van der Waals surface area contributed by atoms with Crippen LogP contribution in [0.15, 0.2) is 79.1 Å². The van der Waals surface area contributed by atoms with E-state index in [1.165, 1.54) is 0 Å². The number of aromatic nitrogens is 4. The normalized spacial score (nSPS) is 11.4. The predicted molar refractivity (Wildman–Crippen MR) is 126 cm³/mol. The average molecular weight is 422 g/mol. The molecule has 7 nitrogen and oxygen atoms in total. The van der Waals surface area contributed by atoms with Gasteiger partial charge < -0.3 is 10.2 Å². The number of anilines is 3. The standard InChI is InChI=1S/C25H23N7/c1-18(15-19-7-6-8-20(16-19)17-26)29-25-28-14-12-23(31-25)32(2)22-11-13-27-24(30-22)21-9-4-3-5-10-21/h3-14,16,18H,15H2,1-2H3,(H,28,29,31). The molecule has 0 fully saturated rings. The molecule has 0 bridgehead atoms. The molecule has 1 atom stereocenters. The second-order valence-corrected chi connectivity index (χ2v) is 7.46. The third-order valence-electron chi connectivity index (χ3n) is 4.97. The van der Waals surface area contributed by atoms with Gasteiger partial charge in [0, 0.05) is 31.0 Å². The van der Waals surface area contributed by atoms with Crippen molar-refractivity contribution in [3.05, 3.63) is 90.3 Å². The van der Waals surface area contributed by atoms with Crippen LogP contribution in [0.4, 0.5) is 17.6 Å². The minimum Gasteiger partial charge on any atom is -0.351 e. The van der Waals surface area contributed by atoms with Crippen LogP contribution < -0.4 is 10.2 Å². The first-order chi connectivity index (χ1) is 15.6. The topological polar surface area (TPSA) is 90.6 Å². The molecule has 4 rings (SSSR count). The molecule has 4 aromatic rings. The monoisotopic (exact) mass is 421 g/mol. The van der Waals surface area contributed by atoms with Crippen LogP contribution in [0.5, 0.6) is 0 Å². The van der Waals surface area contributed by atoms with Gasteiger partial charge in [0.05, 0.1) is 11.6 Å². The molecule has 2 heterocycles. The molecule has 0 aliphatic carbocycles. The van der Waals surface area contributed by atoms with E-state index in [0.29, 0.717) is 17.3 Å². The third kappa shape index (κ3) is 5.05.